The average Bonchev–Trinajstić information content (AvgIpc) is 1.32. The third-order valence-corrected chi connectivity index (χ3v) is 35.9. The number of hydrogen-bond acceptors (Lipinski definition) is 15. The van der Waals surface area contributed by atoms with Crippen molar-refractivity contribution in [1.82, 2.24) is 10.4 Å². The lowest BCUT2D eigenvalue weighted by molar-refractivity contribution is -0.203. The summed E-state index contributed by atoms with van der Waals surface area (Å²) in [5.74, 6) is 6.50. The largest absolute Gasteiger partial charge is 0.481 e. The van der Waals surface area contributed by atoms with Crippen molar-refractivity contribution in [3.8, 4) is 0 Å². The standard InChI is InChI=1S/C30H47NO6.C27H48NO6P.C26H44O4.CH6NO3P/c1-5-19-23-16-18(32)12-14-30(23,4)22-13-15-29(3)20(7-8-21(29)27(22)28(19)36)17(2)6-11-26(35)37-31-24(33)9-10-25(31)34;1-5-18-22-14-17(29)10-12-27(22,4)21-11-13-26(3)19(7-8-20(26)24(21)25(18)31)16(2)6-9-23(30)28-15-35(32,33)34;1-5-17-21-14-16(27)10-12-26(21,4)20-11-13-25(3)18(15(2)6-9-22(28)29)7-8-19(25)23(20)24(17)30;2-1-6(3,4)5/h17-23,27-28,32,36H,5-16H2,1-4H3;16-22,24-25,29,31H,5-15H2,1-4H3,(H,28,30)(H2,32,33,34);15-21,23-24,27,30H,5-14H2,1-4H3,(H,28,29);1-2H2,(H2,3,4,5)/t17-,18-,19-,20?,21?,22?,23+,27?,28-,29-,30-;16-,17-,18-,19?,20?,21?,22+,24?,25-,26-,27-;15-,16-,17-,18?,19?,20?,21+,23?,24-,25-,26-;/m111./s1. The summed E-state index contributed by atoms with van der Waals surface area (Å²) >= 11 is 0. The number of fused-ring (bicyclic) bond motifs is 15. The van der Waals surface area contributed by atoms with Crippen LogP contribution in [0.3, 0.4) is 0 Å². The molecule has 0 aromatic carbocycles. The van der Waals surface area contributed by atoms with E-state index in [2.05, 4.69) is 94.1 Å². The highest BCUT2D eigenvalue weighted by Gasteiger charge is 2.69. The first-order chi connectivity index (χ1) is 50.5. The van der Waals surface area contributed by atoms with E-state index < -0.39 is 51.5 Å². The predicted molar refractivity (Wildman–Crippen MR) is 411 cm³/mol. The van der Waals surface area contributed by atoms with Gasteiger partial charge in [-0.3, -0.25) is 28.3 Å². The molecule has 108 heavy (non-hydrogen) atoms. The Balaban J connectivity index is 0.000000167. The average molecular weight is 1560 g/mol. The summed E-state index contributed by atoms with van der Waals surface area (Å²) in [6.07, 6.45) is 25.7. The summed E-state index contributed by atoms with van der Waals surface area (Å²) < 4.78 is 20.6. The maximum Gasteiger partial charge on any atom is 0.344 e. The van der Waals surface area contributed by atoms with Crippen LogP contribution in [0.4, 0.5) is 0 Å². The summed E-state index contributed by atoms with van der Waals surface area (Å²) in [7, 11) is -8.10. The molecule has 24 heteroatoms. The molecular formula is C84H145N3O19P2. The molecule has 22 nitrogen and oxygen atoms in total. The Morgan fingerprint density at radius 1 is 0.463 bits per heavy atom. The number of aliphatic hydroxyl groups excluding tert-OH is 6. The molecule has 12 aliphatic carbocycles. The van der Waals surface area contributed by atoms with Crippen LogP contribution in [-0.2, 0) is 37.9 Å². The SMILES string of the molecule is CC[C@H]1[C@@H](O)C2C3CCC([C@H](C)CCC(=O)NCP(=O)(O)O)[C@@]3(C)CCC2[C@@]2(C)CC[C@@H](O)C[C@@H]12.CC[C@H]1[C@@H](O)C2C3CCC([C@H](C)CCC(=O)O)[C@@]3(C)CCC2[C@@]2(C)CC[C@@H](O)C[C@@H]12.CC[C@H]1[C@@H](O)C2C3CCC([C@H](C)CCC(=O)ON4C(=O)CCC4=O)[C@@]3(C)CCC2[C@@]2(C)CC[C@@H](O)C[C@@H]12.NCP(=O)(O)O. The fourth-order valence-corrected chi connectivity index (χ4v) is 29.9. The molecule has 12 saturated carbocycles. The molecule has 620 valence electrons. The normalized spacial score (nSPS) is 45.8. The fourth-order valence-electron chi connectivity index (χ4n) is 29.5. The number of nitrogens with zero attached hydrogens (tertiary/aromatic N) is 1. The van der Waals surface area contributed by atoms with Gasteiger partial charge in [-0.05, 0) is 311 Å². The maximum atomic E-state index is 12.4. The number of carbonyl (C=O) groups is 5. The molecule has 3 amide bonds. The first kappa shape index (κ1) is 87.9. The van der Waals surface area contributed by atoms with E-state index in [4.69, 9.17) is 29.5 Å². The van der Waals surface area contributed by atoms with Crippen LogP contribution in [0.25, 0.3) is 0 Å². The molecular weight excluding hydrogens is 1420 g/mol. The molecule has 13 aliphatic rings. The quantitative estimate of drug-likeness (QED) is 0.0422. The van der Waals surface area contributed by atoms with Gasteiger partial charge in [0, 0.05) is 32.1 Å². The van der Waals surface area contributed by atoms with Crippen LogP contribution in [-0.4, -0.2) is 139 Å². The Morgan fingerprint density at radius 2 is 0.759 bits per heavy atom. The number of hydroxylamine groups is 2. The highest BCUT2D eigenvalue weighted by Crippen LogP contribution is 2.74. The van der Waals surface area contributed by atoms with Gasteiger partial charge in [0.1, 0.15) is 6.29 Å². The zero-order chi connectivity index (χ0) is 79.5. The second kappa shape index (κ2) is 34.4. The number of amides is 3. The maximum absolute atomic E-state index is 12.4. The summed E-state index contributed by atoms with van der Waals surface area (Å²) in [5, 5.41) is 78.9. The number of nitrogens with one attached hydrogen (secondary N) is 1. The zero-order valence-corrected chi connectivity index (χ0v) is 69.5. The van der Waals surface area contributed by atoms with Crippen molar-refractivity contribution < 1.29 is 93.3 Å². The van der Waals surface area contributed by atoms with Gasteiger partial charge in [0.25, 0.3) is 11.8 Å². The molecule has 33 atom stereocenters. The Morgan fingerprint density at radius 3 is 1.06 bits per heavy atom. The second-order valence-electron chi connectivity index (χ2n) is 39.6. The number of carbonyl (C=O) groups excluding carboxylic acids is 4. The van der Waals surface area contributed by atoms with Crippen molar-refractivity contribution in [2.75, 3.05) is 12.6 Å². The Bertz CT molecular complexity index is 3210. The van der Waals surface area contributed by atoms with E-state index in [1.807, 2.05) is 0 Å². The summed E-state index contributed by atoms with van der Waals surface area (Å²) in [6, 6.07) is 0. The van der Waals surface area contributed by atoms with Crippen LogP contribution in [0.5, 0.6) is 0 Å². The first-order valence-corrected chi connectivity index (χ1v) is 46.5. The number of carboxylic acid groups (broad SMARTS) is 1. The fraction of sp³-hybridized carbons (Fsp3) is 0.940. The van der Waals surface area contributed by atoms with Crippen molar-refractivity contribution in [2.45, 2.75) is 325 Å². The van der Waals surface area contributed by atoms with E-state index in [-0.39, 0.29) is 119 Å². The summed E-state index contributed by atoms with van der Waals surface area (Å²) in [4.78, 5) is 98.0. The van der Waals surface area contributed by atoms with Crippen LogP contribution in [0, 0.1) is 157 Å². The third-order valence-electron chi connectivity index (χ3n) is 34.8. The third kappa shape index (κ3) is 17.2. The molecule has 0 radical (unpaired) electrons. The van der Waals surface area contributed by atoms with Gasteiger partial charge in [-0.25, -0.2) is 4.79 Å². The smallest absolute Gasteiger partial charge is 0.344 e. The number of rotatable bonds is 19. The minimum Gasteiger partial charge on any atom is -0.481 e. The van der Waals surface area contributed by atoms with Gasteiger partial charge in [0.2, 0.25) is 5.91 Å². The number of aliphatic carboxylic acids is 1. The number of nitrogens with two attached hydrogens (primary N) is 1. The van der Waals surface area contributed by atoms with Gasteiger partial charge < -0.3 is 71.2 Å². The highest BCUT2D eigenvalue weighted by atomic mass is 31.2. The van der Waals surface area contributed by atoms with E-state index in [9.17, 15) is 63.7 Å². The van der Waals surface area contributed by atoms with E-state index in [1.54, 1.807) is 0 Å². The lowest BCUT2D eigenvalue weighted by Gasteiger charge is -2.64. The Hall–Kier alpha value is -2.43. The van der Waals surface area contributed by atoms with Crippen molar-refractivity contribution in [3.63, 3.8) is 0 Å². The van der Waals surface area contributed by atoms with Gasteiger partial charge in [0.05, 0.1) is 42.9 Å². The van der Waals surface area contributed by atoms with Crippen LogP contribution in [0.15, 0.2) is 0 Å². The van der Waals surface area contributed by atoms with Crippen LogP contribution in [0.2, 0.25) is 0 Å². The lowest BCUT2D eigenvalue weighted by atomic mass is 9.41. The molecule has 14 N–H and O–H groups in total. The van der Waals surface area contributed by atoms with Crippen LogP contribution < -0.4 is 11.1 Å². The monoisotopic (exact) mass is 1560 g/mol. The molecule has 13 fully saturated rings. The van der Waals surface area contributed by atoms with Crippen molar-refractivity contribution >= 4 is 44.9 Å². The minimum absolute atomic E-state index is 0.109. The molecule has 0 spiro atoms. The van der Waals surface area contributed by atoms with Gasteiger partial charge in [-0.2, -0.15) is 0 Å². The van der Waals surface area contributed by atoms with Gasteiger partial charge >= 0.3 is 27.1 Å². The topological polar surface area (TPSA) is 393 Å². The Labute approximate surface area is 645 Å². The zero-order valence-electron chi connectivity index (χ0n) is 67.7. The molecule has 1 saturated heterocycles. The van der Waals surface area contributed by atoms with E-state index >= 15 is 0 Å². The molecule has 1 heterocycles. The highest BCUT2D eigenvalue weighted by molar-refractivity contribution is 7.51. The molecule has 0 aromatic heterocycles. The molecule has 13 rings (SSSR count). The number of imide groups is 1. The van der Waals surface area contributed by atoms with Crippen molar-refractivity contribution in [1.29, 1.82) is 0 Å². The predicted octanol–water partition coefficient (Wildman–Crippen LogP) is 13.1. The number of aliphatic hydroxyl groups is 6. The van der Waals surface area contributed by atoms with Crippen molar-refractivity contribution in [2.24, 2.45) is 162 Å². The molecule has 0 aromatic rings. The van der Waals surface area contributed by atoms with E-state index in [0.717, 1.165) is 135 Å². The Kier molecular flexibility index (Phi) is 28.0. The summed E-state index contributed by atoms with van der Waals surface area (Å²) in [5.41, 5.74) is 5.71. The van der Waals surface area contributed by atoms with Gasteiger partial charge in [-0.15, -0.1) is 5.06 Å². The second-order valence-corrected chi connectivity index (χ2v) is 43.0. The van der Waals surface area contributed by atoms with Crippen LogP contribution >= 0.6 is 15.2 Å². The number of carboxylic acids is 1. The summed E-state index contributed by atoms with van der Waals surface area (Å²) in [6.45, 7) is 28.1. The first-order valence-electron chi connectivity index (χ1n) is 42.9. The van der Waals surface area contributed by atoms with E-state index in [0.29, 0.717) is 130 Å². The van der Waals surface area contributed by atoms with Gasteiger partial charge in [-0.1, -0.05) is 102 Å². The number of hydrogen-bond donors (Lipinski definition) is 13. The molecule has 0 bridgehead atoms. The molecule has 12 unspecified atom stereocenters. The lowest BCUT2D eigenvalue weighted by Crippen LogP contribution is -2.62. The van der Waals surface area contributed by atoms with Crippen LogP contribution in [0.1, 0.15) is 289 Å². The van der Waals surface area contributed by atoms with Gasteiger partial charge in [0.15, 0.2) is 0 Å². The van der Waals surface area contributed by atoms with E-state index in [1.165, 1.54) is 25.7 Å². The molecule has 1 aliphatic heterocycles. The minimum atomic E-state index is -4.23. The van der Waals surface area contributed by atoms with Crippen molar-refractivity contribution in [3.05, 3.63) is 0 Å².